The van der Waals surface area contributed by atoms with Crippen LogP contribution in [0.2, 0.25) is 0 Å². The Morgan fingerprint density at radius 1 is 1.26 bits per heavy atom. The molecule has 0 aliphatic carbocycles. The van der Waals surface area contributed by atoms with Crippen LogP contribution in [0.5, 0.6) is 0 Å². The largest absolute Gasteiger partial charge is 0.388 e. The smallest absolute Gasteiger partial charge is 0.250 e. The lowest BCUT2D eigenvalue weighted by Crippen LogP contribution is -2.31. The number of carbonyl (C=O) groups excluding carboxylic acids is 1. The number of primary amides is 1. The number of nitrogens with one attached hydrogen (secondary N) is 3. The molecule has 1 fully saturated rings. The summed E-state index contributed by atoms with van der Waals surface area (Å²) in [5.41, 5.74) is 12.7. The fraction of sp³-hybridized carbons (Fsp3) is 0.269. The standard InChI is InChI=1S/C26H29N7O/c1-29-21-7-4-15(10-16(21)13-27)22-12-20(26(28)34)25-24(30-22)19-6-5-17(11-23(19)31-25)33-9-8-18(14-33)32(2)3/h4-7,10-13,18,27,29,31H,8-9,14H2,1-3H3,(H2,28,34)/t18-/m1/s1. The maximum atomic E-state index is 12.4. The lowest BCUT2D eigenvalue weighted by molar-refractivity contribution is 0.100. The molecule has 0 saturated carbocycles. The zero-order valence-electron chi connectivity index (χ0n) is 19.6. The van der Waals surface area contributed by atoms with E-state index in [1.54, 1.807) is 6.07 Å². The Balaban J connectivity index is 1.63. The summed E-state index contributed by atoms with van der Waals surface area (Å²) < 4.78 is 0. The lowest BCUT2D eigenvalue weighted by Gasteiger charge is -2.21. The number of nitrogens with two attached hydrogens (primary N) is 1. The van der Waals surface area contributed by atoms with Gasteiger partial charge in [-0.15, -0.1) is 0 Å². The summed E-state index contributed by atoms with van der Waals surface area (Å²) in [6.45, 7) is 2.01. The van der Waals surface area contributed by atoms with Crippen LogP contribution in [0, 0.1) is 5.41 Å². The average molecular weight is 456 g/mol. The number of carbonyl (C=O) groups is 1. The fourth-order valence-corrected chi connectivity index (χ4v) is 4.85. The van der Waals surface area contributed by atoms with Gasteiger partial charge in [0.15, 0.2) is 0 Å². The number of hydrogen-bond donors (Lipinski definition) is 4. The van der Waals surface area contributed by atoms with Crippen LogP contribution in [0.15, 0.2) is 42.5 Å². The predicted molar refractivity (Wildman–Crippen MR) is 139 cm³/mol. The Hall–Kier alpha value is -3.91. The van der Waals surface area contributed by atoms with Crippen LogP contribution in [0.4, 0.5) is 11.4 Å². The molecule has 2 aromatic heterocycles. The Kier molecular flexibility index (Phi) is 5.45. The van der Waals surface area contributed by atoms with E-state index in [1.807, 2.05) is 25.2 Å². The van der Waals surface area contributed by atoms with Crippen molar-refractivity contribution in [1.82, 2.24) is 14.9 Å². The van der Waals surface area contributed by atoms with Gasteiger partial charge in [-0.2, -0.15) is 0 Å². The van der Waals surface area contributed by atoms with Gasteiger partial charge in [-0.05, 0) is 56.9 Å². The number of anilines is 2. The van der Waals surface area contributed by atoms with Crippen molar-refractivity contribution in [1.29, 1.82) is 5.41 Å². The minimum absolute atomic E-state index is 0.403. The third kappa shape index (κ3) is 3.66. The van der Waals surface area contributed by atoms with Crippen molar-refractivity contribution < 1.29 is 4.79 Å². The summed E-state index contributed by atoms with van der Waals surface area (Å²) in [6.07, 6.45) is 2.44. The van der Waals surface area contributed by atoms with E-state index in [9.17, 15) is 4.79 Å². The first-order valence-corrected chi connectivity index (χ1v) is 11.4. The molecule has 8 heteroatoms. The number of rotatable bonds is 6. The van der Waals surface area contributed by atoms with Crippen molar-refractivity contribution in [2.45, 2.75) is 12.5 Å². The number of aromatic amines is 1. The zero-order chi connectivity index (χ0) is 24.0. The minimum atomic E-state index is -0.507. The highest BCUT2D eigenvalue weighted by atomic mass is 16.1. The first-order valence-electron chi connectivity index (χ1n) is 11.4. The van der Waals surface area contributed by atoms with Gasteiger partial charge >= 0.3 is 0 Å². The molecule has 0 radical (unpaired) electrons. The first kappa shape index (κ1) is 21.9. The minimum Gasteiger partial charge on any atom is -0.388 e. The van der Waals surface area contributed by atoms with Crippen molar-refractivity contribution in [3.05, 3.63) is 53.6 Å². The highest BCUT2D eigenvalue weighted by Gasteiger charge is 2.25. The molecule has 1 atom stereocenters. The maximum absolute atomic E-state index is 12.4. The van der Waals surface area contributed by atoms with E-state index in [-0.39, 0.29) is 0 Å². The summed E-state index contributed by atoms with van der Waals surface area (Å²) in [6, 6.07) is 14.3. The van der Waals surface area contributed by atoms with Gasteiger partial charge in [0.05, 0.1) is 27.8 Å². The van der Waals surface area contributed by atoms with Crippen LogP contribution in [0.3, 0.4) is 0 Å². The van der Waals surface area contributed by atoms with Gasteiger partial charge in [0, 0.05) is 60.3 Å². The van der Waals surface area contributed by atoms with Gasteiger partial charge in [-0.1, -0.05) is 6.07 Å². The summed E-state index contributed by atoms with van der Waals surface area (Å²) in [4.78, 5) is 25.4. The molecule has 0 unspecified atom stereocenters. The SMILES string of the molecule is CNc1ccc(-c2cc(C(N)=O)c3[nH]c4cc(N5CC[C@@H](N(C)C)C5)ccc4c3n2)cc1C=N. The van der Waals surface area contributed by atoms with Gasteiger partial charge < -0.3 is 31.2 Å². The molecular weight excluding hydrogens is 426 g/mol. The second-order valence-electron chi connectivity index (χ2n) is 9.05. The summed E-state index contributed by atoms with van der Waals surface area (Å²) in [5.74, 6) is -0.507. The number of benzene rings is 2. The monoisotopic (exact) mass is 455 g/mol. The molecule has 1 aliphatic rings. The molecule has 174 valence electrons. The van der Waals surface area contributed by atoms with Crippen LogP contribution in [0.25, 0.3) is 33.2 Å². The Morgan fingerprint density at radius 2 is 2.09 bits per heavy atom. The predicted octanol–water partition coefficient (Wildman–Crippen LogP) is 3.66. The van der Waals surface area contributed by atoms with Gasteiger partial charge in [0.2, 0.25) is 0 Å². The van der Waals surface area contributed by atoms with Crippen molar-refractivity contribution in [2.24, 2.45) is 5.73 Å². The van der Waals surface area contributed by atoms with Crippen molar-refractivity contribution in [2.75, 3.05) is 44.4 Å². The number of fused-ring (bicyclic) bond motifs is 3. The summed E-state index contributed by atoms with van der Waals surface area (Å²) >= 11 is 0. The normalized spacial score (nSPS) is 16.0. The maximum Gasteiger partial charge on any atom is 0.250 e. The van der Waals surface area contributed by atoms with Crippen LogP contribution in [-0.2, 0) is 0 Å². The molecule has 1 saturated heterocycles. The van der Waals surface area contributed by atoms with Gasteiger partial charge in [-0.25, -0.2) is 4.98 Å². The molecule has 5 rings (SSSR count). The van der Waals surface area contributed by atoms with E-state index in [2.05, 4.69) is 52.4 Å². The average Bonchev–Trinajstić information content (AvgIpc) is 3.47. The molecule has 34 heavy (non-hydrogen) atoms. The third-order valence-electron chi connectivity index (χ3n) is 6.83. The van der Waals surface area contributed by atoms with Gasteiger partial charge in [0.25, 0.3) is 5.91 Å². The Labute approximate surface area is 198 Å². The van der Waals surface area contributed by atoms with Crippen LogP contribution >= 0.6 is 0 Å². The third-order valence-corrected chi connectivity index (χ3v) is 6.83. The molecule has 2 aromatic carbocycles. The second kappa shape index (κ2) is 8.46. The molecule has 1 amide bonds. The summed E-state index contributed by atoms with van der Waals surface area (Å²) in [5, 5.41) is 11.8. The zero-order valence-corrected chi connectivity index (χ0v) is 19.6. The highest BCUT2D eigenvalue weighted by molar-refractivity contribution is 6.14. The van der Waals surface area contributed by atoms with E-state index in [1.165, 1.54) is 6.21 Å². The number of nitrogens with zero attached hydrogens (tertiary/aromatic N) is 3. The number of pyridine rings is 1. The Bertz CT molecular complexity index is 1420. The van der Waals surface area contributed by atoms with E-state index in [0.29, 0.717) is 22.8 Å². The molecule has 4 aromatic rings. The molecule has 3 heterocycles. The second-order valence-corrected chi connectivity index (χ2v) is 9.05. The number of aromatic nitrogens is 2. The van der Waals surface area contributed by atoms with Crippen molar-refractivity contribution in [3.63, 3.8) is 0 Å². The highest BCUT2D eigenvalue weighted by Crippen LogP contribution is 2.33. The number of likely N-dealkylation sites (N-methyl/N-ethyl adjacent to an activating group) is 1. The summed E-state index contributed by atoms with van der Waals surface area (Å²) in [7, 11) is 6.07. The molecule has 0 spiro atoms. The molecule has 0 bridgehead atoms. The Morgan fingerprint density at radius 3 is 2.76 bits per heavy atom. The molecule has 8 nitrogen and oxygen atoms in total. The molecule has 1 aliphatic heterocycles. The molecule has 5 N–H and O–H groups in total. The van der Waals surface area contributed by atoms with Crippen molar-refractivity contribution >= 4 is 45.4 Å². The van der Waals surface area contributed by atoms with Crippen molar-refractivity contribution in [3.8, 4) is 11.3 Å². The number of H-pyrrole nitrogens is 1. The number of hydrogen-bond acceptors (Lipinski definition) is 6. The van der Waals surface area contributed by atoms with Crippen LogP contribution in [0.1, 0.15) is 22.3 Å². The first-order chi connectivity index (χ1) is 16.4. The fourth-order valence-electron chi connectivity index (χ4n) is 4.85. The lowest BCUT2D eigenvalue weighted by atomic mass is 10.0. The van der Waals surface area contributed by atoms with E-state index in [0.717, 1.165) is 58.4 Å². The van der Waals surface area contributed by atoms with E-state index >= 15 is 0 Å². The molecular formula is C26H29N7O. The number of amides is 1. The van der Waals surface area contributed by atoms with Crippen LogP contribution in [-0.4, -0.2) is 67.3 Å². The van der Waals surface area contributed by atoms with E-state index < -0.39 is 5.91 Å². The topological polar surface area (TPSA) is 114 Å². The van der Waals surface area contributed by atoms with Gasteiger partial charge in [-0.3, -0.25) is 4.79 Å². The van der Waals surface area contributed by atoms with Crippen LogP contribution < -0.4 is 16.0 Å². The van der Waals surface area contributed by atoms with Gasteiger partial charge in [0.1, 0.15) is 0 Å². The quantitative estimate of drug-likeness (QED) is 0.331. The van der Waals surface area contributed by atoms with E-state index in [4.69, 9.17) is 16.1 Å².